The number of benzene rings is 2. The summed E-state index contributed by atoms with van der Waals surface area (Å²) in [5, 5.41) is 5.18. The number of hydrogen-bond acceptors (Lipinski definition) is 24. The van der Waals surface area contributed by atoms with Crippen molar-refractivity contribution in [3.8, 4) is 0 Å². The van der Waals surface area contributed by atoms with Crippen molar-refractivity contribution in [2.75, 3.05) is 123 Å². The summed E-state index contributed by atoms with van der Waals surface area (Å²) in [6, 6.07) is 12.7. The van der Waals surface area contributed by atoms with Crippen molar-refractivity contribution in [3.05, 3.63) is 60.7 Å². The highest BCUT2D eigenvalue weighted by molar-refractivity contribution is 7.99. The van der Waals surface area contributed by atoms with Crippen LogP contribution >= 0.6 is 47.0 Å². The van der Waals surface area contributed by atoms with Crippen molar-refractivity contribution in [1.82, 2.24) is 19.2 Å². The number of alkyl halides is 12. The smallest absolute Gasteiger partial charge is 0.463 e. The van der Waals surface area contributed by atoms with Gasteiger partial charge in [0, 0.05) is 52.9 Å². The van der Waals surface area contributed by atoms with E-state index in [9.17, 15) is 125 Å². The van der Waals surface area contributed by atoms with Gasteiger partial charge in [0.1, 0.15) is 13.2 Å². The van der Waals surface area contributed by atoms with Crippen molar-refractivity contribution < 1.29 is 144 Å². The zero-order valence-corrected chi connectivity index (χ0v) is 68.1. The molecule has 2 aromatic carbocycles. The number of hydrogen-bond donors (Lipinski definition) is 2. The average molecular weight is 1840 g/mol. The Morgan fingerprint density at radius 1 is 0.339 bits per heavy atom. The molecule has 0 aliphatic carbocycles. The summed E-state index contributed by atoms with van der Waals surface area (Å²) >= 11 is 6.41. The molecule has 0 fully saturated rings. The molecule has 6 amide bonds. The highest BCUT2D eigenvalue weighted by Gasteiger charge is 2.54. The molecular formula is C69H118F12N6O20S8. The molecule has 0 radical (unpaired) electrons. The van der Waals surface area contributed by atoms with E-state index in [1.165, 1.54) is 116 Å². The van der Waals surface area contributed by atoms with E-state index in [1.807, 2.05) is 23.5 Å². The highest BCUT2D eigenvalue weighted by Crippen LogP contribution is 2.34. The van der Waals surface area contributed by atoms with Gasteiger partial charge in [0.15, 0.2) is 0 Å². The molecule has 676 valence electrons. The minimum absolute atomic E-state index is 0. The molecule has 0 aromatic heterocycles. The van der Waals surface area contributed by atoms with E-state index in [-0.39, 0.29) is 133 Å². The van der Waals surface area contributed by atoms with Crippen LogP contribution in [0, 0.1) is 0 Å². The molecule has 0 heterocycles. The molecule has 0 saturated carbocycles. The summed E-state index contributed by atoms with van der Waals surface area (Å²) < 4.78 is 262. The van der Waals surface area contributed by atoms with Gasteiger partial charge in [-0.25, -0.2) is 8.61 Å². The van der Waals surface area contributed by atoms with Crippen LogP contribution in [-0.2, 0) is 97.4 Å². The molecule has 26 nitrogen and oxygen atoms in total. The van der Waals surface area contributed by atoms with Crippen molar-refractivity contribution in [1.29, 1.82) is 0 Å². The first-order valence-corrected chi connectivity index (χ1v) is 45.1. The van der Waals surface area contributed by atoms with Gasteiger partial charge in [0.25, 0.3) is 0 Å². The second-order valence-corrected chi connectivity index (χ2v) is 34.1. The van der Waals surface area contributed by atoms with Gasteiger partial charge >= 0.3 is 74.1 Å². The van der Waals surface area contributed by atoms with Crippen molar-refractivity contribution in [3.63, 3.8) is 0 Å². The Bertz CT molecular complexity index is 3490. The van der Waals surface area contributed by atoms with Gasteiger partial charge in [-0.1, -0.05) is 151 Å². The van der Waals surface area contributed by atoms with E-state index < -0.39 is 133 Å². The molecule has 2 N–H and O–H groups in total. The van der Waals surface area contributed by atoms with Gasteiger partial charge in [-0.15, -0.1) is 0 Å². The molecule has 115 heavy (non-hydrogen) atoms. The number of para-hydroxylation sites is 2. The summed E-state index contributed by atoms with van der Waals surface area (Å²) in [6.45, 7) is 0.578. The second-order valence-electron chi connectivity index (χ2n) is 22.9. The number of esters is 2. The van der Waals surface area contributed by atoms with E-state index >= 15 is 0 Å². The van der Waals surface area contributed by atoms with Gasteiger partial charge < -0.3 is 29.6 Å². The van der Waals surface area contributed by atoms with Crippen LogP contribution in [0.2, 0.25) is 0 Å². The first-order valence-electron chi connectivity index (χ1n) is 33.8. The van der Waals surface area contributed by atoms with Gasteiger partial charge in [-0.3, -0.25) is 38.4 Å². The number of nitrogens with zero attached hydrogens (tertiary/aromatic N) is 4. The first-order chi connectivity index (χ1) is 51.3. The van der Waals surface area contributed by atoms with E-state index in [1.54, 1.807) is 12.5 Å². The van der Waals surface area contributed by atoms with E-state index in [2.05, 4.69) is 23.1 Å². The van der Waals surface area contributed by atoms with E-state index in [4.69, 9.17) is 18.9 Å². The average Bonchev–Trinajstić information content (AvgIpc) is 0.784. The van der Waals surface area contributed by atoms with Crippen molar-refractivity contribution in [2.45, 2.75) is 200 Å². The molecule has 2 rings (SSSR count). The van der Waals surface area contributed by atoms with Crippen molar-refractivity contribution in [2.24, 2.45) is 0 Å². The van der Waals surface area contributed by atoms with Crippen LogP contribution in [0.1, 0.15) is 178 Å². The number of halogens is 12. The highest BCUT2D eigenvalue weighted by atomic mass is 32.2. The maximum Gasteiger partial charge on any atom is 0.517 e. The maximum atomic E-state index is 13.0. The van der Waals surface area contributed by atoms with Crippen LogP contribution in [0.3, 0.4) is 0 Å². The molecule has 0 saturated heterocycles. The molecule has 0 atom stereocenters. The van der Waals surface area contributed by atoms with Crippen LogP contribution in [0.4, 0.5) is 64.1 Å². The number of sulfonamides is 4. The Morgan fingerprint density at radius 2 is 0.600 bits per heavy atom. The quantitative estimate of drug-likeness (QED) is 0.0353. The first kappa shape index (κ1) is 123. The monoisotopic (exact) mass is 1830 g/mol. The minimum Gasteiger partial charge on any atom is -0.463 e. The lowest BCUT2D eigenvalue weighted by Crippen LogP contribution is -2.44. The lowest BCUT2D eigenvalue weighted by Gasteiger charge is -2.23. The number of thioether (sulfide) groups is 4. The Kier molecular flexibility index (Phi) is 69.7. The predicted molar refractivity (Wildman–Crippen MR) is 432 cm³/mol. The second kappa shape index (κ2) is 65.3. The number of unbranched alkanes of at least 4 members (excludes halogenated alkanes) is 14. The summed E-state index contributed by atoms with van der Waals surface area (Å²) in [5.41, 5.74) is -23.1. The molecule has 0 bridgehead atoms. The fourth-order valence-electron chi connectivity index (χ4n) is 8.52. The number of carbonyl (C=O) groups excluding carboxylic acids is 8. The summed E-state index contributed by atoms with van der Waals surface area (Å²) in [5.74, 6) is -3.97. The largest absolute Gasteiger partial charge is 0.517 e. The Balaban J connectivity index is -0.000000268. The third-order valence-corrected chi connectivity index (χ3v) is 22.7. The van der Waals surface area contributed by atoms with E-state index in [0.717, 1.165) is 63.5 Å². The standard InChI is InChI=1S/C19H28F3NO3S2.C18H23F3N2O7S2.C14H26F3NO3S2.C13H21F3N2O7S2.5CH4/c1-27-16-12-7-5-3-2-4-6-11-15-18(24)23(17-13-9-8-10-14-17)28(25,26)19(20,21)22;1-31-13-15(24)22-9-10-29-11-12-30-17(26)8-7-16(25)23(14-5-3-2-4-6-14)32(27,28)18(19,20)21;1-18(23(20,21)14(15,16)17)13(19)11-9-7-5-3-4-6-8-10-12-22-2;1-18(27(22,23)13(14,15)16)11(20)3-4-12(21)25-8-7-24-6-5-17-10(19)9-26-2;;;;;/h8-10,13-14H,2-7,11-12,15-16H2,1H3;2-6H,7-13H2,1H3,(H,22,24);3-12H2,1-2H3;3-9H2,1-2H3,(H,17,19);5*1H4. The number of ether oxygens (including phenoxy) is 4. The third kappa shape index (κ3) is 51.5. The zero-order chi connectivity index (χ0) is 84.3. The fourth-order valence-corrected chi connectivity index (χ4v) is 13.5. The summed E-state index contributed by atoms with van der Waals surface area (Å²) in [7, 11) is -22.0. The van der Waals surface area contributed by atoms with Crippen LogP contribution in [-0.4, -0.2) is 227 Å². The molecule has 46 heteroatoms. The lowest BCUT2D eigenvalue weighted by molar-refractivity contribution is -0.147. The van der Waals surface area contributed by atoms with Gasteiger partial charge in [0.2, 0.25) is 35.4 Å². The maximum absolute atomic E-state index is 13.0. The Hall–Kier alpha value is -5.52. The Morgan fingerprint density at radius 3 is 0.887 bits per heavy atom. The number of nitrogens with one attached hydrogen (secondary N) is 2. The molecule has 0 aliphatic heterocycles. The summed E-state index contributed by atoms with van der Waals surface area (Å²) in [4.78, 5) is 93.0. The van der Waals surface area contributed by atoms with Gasteiger partial charge in [0.05, 0.1) is 62.1 Å². The molecule has 0 unspecified atom stereocenters. The zero-order valence-electron chi connectivity index (χ0n) is 61.6. The van der Waals surface area contributed by atoms with Crippen molar-refractivity contribution >= 4 is 146 Å². The van der Waals surface area contributed by atoms with Crippen LogP contribution in [0.25, 0.3) is 0 Å². The number of anilines is 2. The molecule has 0 spiro atoms. The topological polar surface area (TPSA) is 347 Å². The van der Waals surface area contributed by atoms with Crippen LogP contribution < -0.4 is 19.2 Å². The number of rotatable bonds is 50. The summed E-state index contributed by atoms with van der Waals surface area (Å²) in [6.07, 6.45) is 19.9. The van der Waals surface area contributed by atoms with E-state index in [0.29, 0.717) is 44.9 Å². The van der Waals surface area contributed by atoms with Gasteiger partial charge in [-0.05, 0) is 86.5 Å². The fraction of sp³-hybridized carbons (Fsp3) is 0.710. The van der Waals surface area contributed by atoms with Crippen LogP contribution in [0.15, 0.2) is 60.7 Å². The molecule has 0 aliphatic rings. The predicted octanol–water partition coefficient (Wildman–Crippen LogP) is 14.9. The third-order valence-electron chi connectivity index (χ3n) is 14.2. The molecular weight excluding hydrogens is 1720 g/mol. The molecule has 2 aromatic rings. The SMILES string of the molecule is C.C.C.C.C.CSCC(=O)NCCOCCOC(=O)CCC(=O)N(C)S(=O)(=O)C(F)(F)F.CSCC(=O)NCCOCCOC(=O)CCC(=O)N(c1ccccc1)S(=O)(=O)C(F)(F)F.CSCCCCCCCCCCC(=O)N(C)S(=O)(=O)C(F)(F)F.CSCCCCCCCCCCC(=O)N(c1ccccc1)S(=O)(=O)C(F)(F)F. The minimum atomic E-state index is -6.00. The number of carbonyl (C=O) groups is 8. The van der Waals surface area contributed by atoms with Crippen LogP contribution in [0.5, 0.6) is 0 Å². The Labute approximate surface area is 689 Å². The van der Waals surface area contributed by atoms with Gasteiger partial charge in [-0.2, -0.15) is 142 Å². The normalized spacial score (nSPS) is 11.4. The number of amides is 6. The lowest BCUT2D eigenvalue weighted by atomic mass is 10.1.